The molecule has 7 nitrogen and oxygen atoms in total. The molecule has 3 aromatic rings. The maximum Gasteiger partial charge on any atom is 0.259 e. The van der Waals surface area contributed by atoms with Gasteiger partial charge in [-0.3, -0.25) is 14.7 Å². The van der Waals surface area contributed by atoms with E-state index in [1.54, 1.807) is 43.8 Å². The Bertz CT molecular complexity index is 1010. The maximum atomic E-state index is 12.6. The van der Waals surface area contributed by atoms with Gasteiger partial charge in [0, 0.05) is 43.3 Å². The molecule has 154 valence electrons. The first-order chi connectivity index (χ1) is 14.6. The summed E-state index contributed by atoms with van der Waals surface area (Å²) in [6.07, 6.45) is 6.35. The molecule has 1 fully saturated rings. The predicted octanol–water partition coefficient (Wildman–Crippen LogP) is 3.43. The van der Waals surface area contributed by atoms with Crippen LogP contribution < -0.4 is 10.1 Å². The van der Waals surface area contributed by atoms with Crippen LogP contribution >= 0.6 is 0 Å². The van der Waals surface area contributed by atoms with Crippen molar-refractivity contribution in [2.45, 2.75) is 25.8 Å². The number of pyridine rings is 1. The van der Waals surface area contributed by atoms with E-state index in [1.807, 2.05) is 19.2 Å². The minimum Gasteiger partial charge on any atom is -0.497 e. The lowest BCUT2D eigenvalue weighted by Gasteiger charge is -2.16. The maximum absolute atomic E-state index is 12.6. The first-order valence-corrected chi connectivity index (χ1v) is 10.0. The molecule has 0 bridgehead atoms. The number of rotatable bonds is 6. The molecule has 0 aliphatic carbocycles. The van der Waals surface area contributed by atoms with E-state index < -0.39 is 0 Å². The van der Waals surface area contributed by atoms with Gasteiger partial charge in [0.05, 0.1) is 18.4 Å². The van der Waals surface area contributed by atoms with Crippen molar-refractivity contribution in [1.29, 1.82) is 0 Å². The largest absolute Gasteiger partial charge is 0.497 e. The SMILES string of the molecule is COc1ccc(NC(=O)c2cnc(C3CCN(Cc4cccnc4)C3)nc2C)cc1. The molecule has 0 saturated carbocycles. The smallest absolute Gasteiger partial charge is 0.259 e. The van der Waals surface area contributed by atoms with Crippen LogP contribution in [-0.4, -0.2) is 46.0 Å². The molecule has 3 heterocycles. The Balaban J connectivity index is 1.39. The van der Waals surface area contributed by atoms with E-state index in [-0.39, 0.29) is 11.8 Å². The van der Waals surface area contributed by atoms with Crippen LogP contribution in [0, 0.1) is 6.92 Å². The first kappa shape index (κ1) is 20.0. The molecule has 4 rings (SSSR count). The summed E-state index contributed by atoms with van der Waals surface area (Å²) in [5.41, 5.74) is 3.09. The van der Waals surface area contributed by atoms with E-state index in [2.05, 4.69) is 31.2 Å². The number of amides is 1. The van der Waals surface area contributed by atoms with Crippen LogP contribution in [0.3, 0.4) is 0 Å². The number of aryl methyl sites for hydroxylation is 1. The van der Waals surface area contributed by atoms with Gasteiger partial charge in [0.15, 0.2) is 0 Å². The number of nitrogens with zero attached hydrogens (tertiary/aromatic N) is 4. The quantitative estimate of drug-likeness (QED) is 0.679. The fraction of sp³-hybridized carbons (Fsp3) is 0.304. The molecule has 30 heavy (non-hydrogen) atoms. The highest BCUT2D eigenvalue weighted by atomic mass is 16.5. The van der Waals surface area contributed by atoms with Crippen molar-refractivity contribution in [2.75, 3.05) is 25.5 Å². The lowest BCUT2D eigenvalue weighted by atomic mass is 10.1. The van der Waals surface area contributed by atoms with Gasteiger partial charge in [-0.15, -0.1) is 0 Å². The molecule has 0 radical (unpaired) electrons. The molecule has 0 spiro atoms. The molecule has 2 aromatic heterocycles. The van der Waals surface area contributed by atoms with Crippen molar-refractivity contribution in [3.8, 4) is 5.75 Å². The third-order valence-corrected chi connectivity index (χ3v) is 5.36. The summed E-state index contributed by atoms with van der Waals surface area (Å²) in [5, 5.41) is 2.89. The van der Waals surface area contributed by atoms with Crippen LogP contribution in [0.5, 0.6) is 5.75 Å². The molecule has 1 N–H and O–H groups in total. The fourth-order valence-corrected chi connectivity index (χ4v) is 3.71. The van der Waals surface area contributed by atoms with Gasteiger partial charge in [-0.25, -0.2) is 9.97 Å². The third kappa shape index (κ3) is 4.63. The molecule has 1 aliphatic rings. The van der Waals surface area contributed by atoms with Gasteiger partial charge in [0.1, 0.15) is 11.6 Å². The van der Waals surface area contributed by atoms with Crippen LogP contribution in [0.25, 0.3) is 0 Å². The molecule has 1 aromatic carbocycles. The molecule has 1 aliphatic heterocycles. The Morgan fingerprint density at radius 2 is 2.07 bits per heavy atom. The van der Waals surface area contributed by atoms with Crippen LogP contribution in [0.4, 0.5) is 5.69 Å². The Hall–Kier alpha value is -3.32. The lowest BCUT2D eigenvalue weighted by Crippen LogP contribution is -2.21. The number of carbonyl (C=O) groups is 1. The van der Waals surface area contributed by atoms with E-state index in [1.165, 1.54) is 5.56 Å². The second-order valence-corrected chi connectivity index (χ2v) is 7.49. The van der Waals surface area contributed by atoms with Crippen molar-refractivity contribution in [1.82, 2.24) is 19.9 Å². The monoisotopic (exact) mass is 403 g/mol. The molecular weight excluding hydrogens is 378 g/mol. The number of benzene rings is 1. The van der Waals surface area contributed by atoms with Crippen LogP contribution in [-0.2, 0) is 6.54 Å². The number of likely N-dealkylation sites (tertiary alicyclic amines) is 1. The number of anilines is 1. The molecule has 1 saturated heterocycles. The summed E-state index contributed by atoms with van der Waals surface area (Å²) in [6, 6.07) is 11.3. The van der Waals surface area contributed by atoms with Crippen LogP contribution in [0.1, 0.15) is 39.8 Å². The van der Waals surface area contributed by atoms with Crippen molar-refractivity contribution in [3.05, 3.63) is 77.6 Å². The number of aromatic nitrogens is 3. The number of hydrogen-bond acceptors (Lipinski definition) is 6. The van der Waals surface area contributed by atoms with Crippen molar-refractivity contribution in [3.63, 3.8) is 0 Å². The van der Waals surface area contributed by atoms with Gasteiger partial charge in [-0.1, -0.05) is 6.07 Å². The number of ether oxygens (including phenoxy) is 1. The Morgan fingerprint density at radius 3 is 2.77 bits per heavy atom. The molecule has 1 unspecified atom stereocenters. The van der Waals surface area contributed by atoms with Gasteiger partial charge in [-0.2, -0.15) is 0 Å². The van der Waals surface area contributed by atoms with Gasteiger partial charge in [0.2, 0.25) is 0 Å². The molecule has 1 atom stereocenters. The van der Waals surface area contributed by atoms with Crippen molar-refractivity contribution >= 4 is 11.6 Å². The van der Waals surface area contributed by atoms with E-state index in [0.717, 1.165) is 37.6 Å². The first-order valence-electron chi connectivity index (χ1n) is 10.0. The number of methoxy groups -OCH3 is 1. The Morgan fingerprint density at radius 1 is 1.23 bits per heavy atom. The Kier molecular flexibility index (Phi) is 5.99. The summed E-state index contributed by atoms with van der Waals surface area (Å²) in [6.45, 7) is 4.65. The zero-order valence-electron chi connectivity index (χ0n) is 17.2. The zero-order chi connectivity index (χ0) is 20.9. The minimum absolute atomic E-state index is 0.214. The van der Waals surface area contributed by atoms with Gasteiger partial charge in [0.25, 0.3) is 5.91 Å². The van der Waals surface area contributed by atoms with Crippen LogP contribution in [0.2, 0.25) is 0 Å². The van der Waals surface area contributed by atoms with Gasteiger partial charge >= 0.3 is 0 Å². The zero-order valence-corrected chi connectivity index (χ0v) is 17.2. The van der Waals surface area contributed by atoms with Crippen molar-refractivity contribution < 1.29 is 9.53 Å². The average molecular weight is 403 g/mol. The summed E-state index contributed by atoms with van der Waals surface area (Å²) >= 11 is 0. The van der Waals surface area contributed by atoms with E-state index in [9.17, 15) is 4.79 Å². The van der Waals surface area contributed by atoms with Gasteiger partial charge < -0.3 is 10.1 Å². The highest BCUT2D eigenvalue weighted by Crippen LogP contribution is 2.26. The highest BCUT2D eigenvalue weighted by Gasteiger charge is 2.26. The van der Waals surface area contributed by atoms with E-state index >= 15 is 0 Å². The molecule has 1 amide bonds. The number of carbonyl (C=O) groups excluding carboxylic acids is 1. The summed E-state index contributed by atoms with van der Waals surface area (Å²) in [5.74, 6) is 1.61. The van der Waals surface area contributed by atoms with E-state index in [0.29, 0.717) is 16.9 Å². The number of hydrogen-bond donors (Lipinski definition) is 1. The summed E-state index contributed by atoms with van der Waals surface area (Å²) in [7, 11) is 1.61. The third-order valence-electron chi connectivity index (χ3n) is 5.36. The molecular formula is C23H25N5O2. The summed E-state index contributed by atoms with van der Waals surface area (Å²) < 4.78 is 5.14. The molecule has 7 heteroatoms. The number of nitrogens with one attached hydrogen (secondary N) is 1. The normalized spacial score (nSPS) is 16.4. The standard InChI is InChI=1S/C23H25N5O2/c1-16-21(23(29)27-19-5-7-20(30-2)8-6-19)13-25-22(26-16)18-9-11-28(15-18)14-17-4-3-10-24-12-17/h3-8,10,12-13,18H,9,11,14-15H2,1-2H3,(H,27,29). The van der Waals surface area contributed by atoms with Gasteiger partial charge in [-0.05, 0) is 55.8 Å². The van der Waals surface area contributed by atoms with Crippen LogP contribution in [0.15, 0.2) is 55.0 Å². The minimum atomic E-state index is -0.214. The summed E-state index contributed by atoms with van der Waals surface area (Å²) in [4.78, 5) is 28.4. The predicted molar refractivity (Wildman–Crippen MR) is 115 cm³/mol. The second kappa shape index (κ2) is 9.00. The average Bonchev–Trinajstić information content (AvgIpc) is 3.23. The topological polar surface area (TPSA) is 80.2 Å². The lowest BCUT2D eigenvalue weighted by molar-refractivity contribution is 0.102. The second-order valence-electron chi connectivity index (χ2n) is 7.49. The fourth-order valence-electron chi connectivity index (χ4n) is 3.71. The Labute approximate surface area is 176 Å². The van der Waals surface area contributed by atoms with E-state index in [4.69, 9.17) is 4.74 Å². The highest BCUT2D eigenvalue weighted by molar-refractivity contribution is 6.04. The van der Waals surface area contributed by atoms with Crippen molar-refractivity contribution in [2.24, 2.45) is 0 Å².